The topological polar surface area (TPSA) is 44.5 Å². The van der Waals surface area contributed by atoms with Crippen molar-refractivity contribution in [2.24, 2.45) is 5.73 Å². The van der Waals surface area contributed by atoms with Gasteiger partial charge < -0.3 is 15.2 Å². The summed E-state index contributed by atoms with van der Waals surface area (Å²) in [6, 6.07) is 16.3. The minimum atomic E-state index is 0.403. The molecule has 0 aliphatic rings. The molecule has 3 nitrogen and oxygen atoms in total. The molecule has 0 aliphatic carbocycles. The van der Waals surface area contributed by atoms with Crippen molar-refractivity contribution in [1.29, 1.82) is 0 Å². The Morgan fingerprint density at radius 2 is 1.61 bits per heavy atom. The summed E-state index contributed by atoms with van der Waals surface area (Å²) in [4.78, 5) is 0. The SMILES string of the molecule is CCOc1ccc(OCCCC(CN)c2ccccc2C)cc1. The summed E-state index contributed by atoms with van der Waals surface area (Å²) in [5.41, 5.74) is 8.63. The minimum Gasteiger partial charge on any atom is -0.494 e. The van der Waals surface area contributed by atoms with Crippen LogP contribution in [0.1, 0.15) is 36.8 Å². The quantitative estimate of drug-likeness (QED) is 0.702. The highest BCUT2D eigenvalue weighted by Gasteiger charge is 2.11. The van der Waals surface area contributed by atoms with Crippen LogP contribution in [0.3, 0.4) is 0 Å². The van der Waals surface area contributed by atoms with Crippen molar-refractivity contribution in [2.45, 2.75) is 32.6 Å². The Morgan fingerprint density at radius 1 is 0.957 bits per heavy atom. The van der Waals surface area contributed by atoms with Crippen molar-refractivity contribution in [3.05, 3.63) is 59.7 Å². The molecule has 0 heterocycles. The second-order valence-electron chi connectivity index (χ2n) is 5.68. The van der Waals surface area contributed by atoms with E-state index >= 15 is 0 Å². The van der Waals surface area contributed by atoms with Gasteiger partial charge in [-0.05, 0) is 74.5 Å². The molecule has 0 saturated carbocycles. The van der Waals surface area contributed by atoms with Gasteiger partial charge in [0.05, 0.1) is 13.2 Å². The lowest BCUT2D eigenvalue weighted by Gasteiger charge is -2.17. The molecule has 2 N–H and O–H groups in total. The molecule has 2 aromatic carbocycles. The zero-order valence-corrected chi connectivity index (χ0v) is 14.1. The summed E-state index contributed by atoms with van der Waals surface area (Å²) < 4.78 is 11.2. The Hall–Kier alpha value is -2.00. The molecule has 0 aliphatic heterocycles. The molecular weight excluding hydrogens is 286 g/mol. The minimum absolute atomic E-state index is 0.403. The first kappa shape index (κ1) is 17.4. The molecule has 0 saturated heterocycles. The molecule has 3 heteroatoms. The Kier molecular flexibility index (Phi) is 6.95. The van der Waals surface area contributed by atoms with Gasteiger partial charge in [0.2, 0.25) is 0 Å². The maximum atomic E-state index is 5.96. The number of ether oxygens (including phenoxy) is 2. The summed E-state index contributed by atoms with van der Waals surface area (Å²) in [7, 11) is 0. The van der Waals surface area contributed by atoms with Crippen LogP contribution in [0.5, 0.6) is 11.5 Å². The van der Waals surface area contributed by atoms with E-state index in [0.29, 0.717) is 25.7 Å². The third-order valence-electron chi connectivity index (χ3n) is 4.01. The van der Waals surface area contributed by atoms with Crippen molar-refractivity contribution in [1.82, 2.24) is 0 Å². The fourth-order valence-corrected chi connectivity index (χ4v) is 2.76. The monoisotopic (exact) mass is 313 g/mol. The molecule has 2 aromatic rings. The van der Waals surface area contributed by atoms with Crippen LogP contribution < -0.4 is 15.2 Å². The van der Waals surface area contributed by atoms with E-state index in [2.05, 4.69) is 31.2 Å². The standard InChI is InChI=1S/C20H27NO2/c1-3-22-18-10-12-19(13-11-18)23-14-6-8-17(15-21)20-9-5-4-7-16(20)2/h4-5,7,9-13,17H,3,6,8,14-15,21H2,1-2H3. The van der Waals surface area contributed by atoms with Crippen molar-refractivity contribution in [3.8, 4) is 11.5 Å². The third-order valence-corrected chi connectivity index (χ3v) is 4.01. The average molecular weight is 313 g/mol. The van der Waals surface area contributed by atoms with Crippen LogP contribution in [0.4, 0.5) is 0 Å². The first-order valence-corrected chi connectivity index (χ1v) is 8.35. The van der Waals surface area contributed by atoms with Crippen molar-refractivity contribution < 1.29 is 9.47 Å². The summed E-state index contributed by atoms with van der Waals surface area (Å²) in [5, 5.41) is 0. The van der Waals surface area contributed by atoms with Gasteiger partial charge in [0.1, 0.15) is 11.5 Å². The van der Waals surface area contributed by atoms with Gasteiger partial charge in [0, 0.05) is 0 Å². The van der Waals surface area contributed by atoms with E-state index in [-0.39, 0.29) is 0 Å². The molecule has 0 spiro atoms. The van der Waals surface area contributed by atoms with Crippen LogP contribution >= 0.6 is 0 Å². The maximum absolute atomic E-state index is 5.96. The van der Waals surface area contributed by atoms with Gasteiger partial charge in [-0.1, -0.05) is 24.3 Å². The molecule has 0 amide bonds. The molecule has 1 unspecified atom stereocenters. The van der Waals surface area contributed by atoms with Crippen LogP contribution in [0.2, 0.25) is 0 Å². The van der Waals surface area contributed by atoms with E-state index in [1.165, 1.54) is 11.1 Å². The van der Waals surface area contributed by atoms with Crippen molar-refractivity contribution >= 4 is 0 Å². The molecule has 2 rings (SSSR count). The molecule has 0 fully saturated rings. The predicted molar refractivity (Wildman–Crippen MR) is 95.3 cm³/mol. The van der Waals surface area contributed by atoms with Crippen LogP contribution in [-0.4, -0.2) is 19.8 Å². The fraction of sp³-hybridized carbons (Fsp3) is 0.400. The first-order valence-electron chi connectivity index (χ1n) is 8.35. The van der Waals surface area contributed by atoms with Crippen LogP contribution in [0.25, 0.3) is 0 Å². The second kappa shape index (κ2) is 9.21. The highest BCUT2D eigenvalue weighted by atomic mass is 16.5. The van der Waals surface area contributed by atoms with Crippen LogP contribution in [0, 0.1) is 6.92 Å². The van der Waals surface area contributed by atoms with Gasteiger partial charge in [-0.25, -0.2) is 0 Å². The zero-order chi connectivity index (χ0) is 16.5. The van der Waals surface area contributed by atoms with Gasteiger partial charge in [0.15, 0.2) is 0 Å². The lowest BCUT2D eigenvalue weighted by Crippen LogP contribution is -2.14. The second-order valence-corrected chi connectivity index (χ2v) is 5.68. The Labute approximate surface area is 139 Å². The van der Waals surface area contributed by atoms with Crippen LogP contribution in [0.15, 0.2) is 48.5 Å². The van der Waals surface area contributed by atoms with E-state index in [1.807, 2.05) is 31.2 Å². The summed E-state index contributed by atoms with van der Waals surface area (Å²) in [5.74, 6) is 2.16. The summed E-state index contributed by atoms with van der Waals surface area (Å²) >= 11 is 0. The van der Waals surface area contributed by atoms with Gasteiger partial charge in [-0.2, -0.15) is 0 Å². The maximum Gasteiger partial charge on any atom is 0.119 e. The number of hydrogen-bond donors (Lipinski definition) is 1. The number of hydrogen-bond acceptors (Lipinski definition) is 3. The molecule has 1 atom stereocenters. The fourth-order valence-electron chi connectivity index (χ4n) is 2.76. The number of benzene rings is 2. The lowest BCUT2D eigenvalue weighted by molar-refractivity contribution is 0.300. The molecule has 23 heavy (non-hydrogen) atoms. The Balaban J connectivity index is 1.78. The first-order chi connectivity index (χ1) is 11.2. The Bertz CT molecular complexity index is 580. The van der Waals surface area contributed by atoms with Gasteiger partial charge in [-0.15, -0.1) is 0 Å². The molecule has 0 aromatic heterocycles. The van der Waals surface area contributed by atoms with Crippen molar-refractivity contribution in [3.63, 3.8) is 0 Å². The van der Waals surface area contributed by atoms with E-state index in [9.17, 15) is 0 Å². The lowest BCUT2D eigenvalue weighted by atomic mass is 9.91. The Morgan fingerprint density at radius 3 is 2.22 bits per heavy atom. The third kappa shape index (κ3) is 5.29. The van der Waals surface area contributed by atoms with E-state index in [4.69, 9.17) is 15.2 Å². The van der Waals surface area contributed by atoms with Crippen LogP contribution in [-0.2, 0) is 0 Å². The smallest absolute Gasteiger partial charge is 0.119 e. The predicted octanol–water partition coefficient (Wildman–Crippen LogP) is 4.30. The summed E-state index contributed by atoms with van der Waals surface area (Å²) in [6.45, 7) is 6.19. The summed E-state index contributed by atoms with van der Waals surface area (Å²) in [6.07, 6.45) is 2.03. The van der Waals surface area contributed by atoms with E-state index < -0.39 is 0 Å². The van der Waals surface area contributed by atoms with Gasteiger partial charge in [-0.3, -0.25) is 0 Å². The number of aryl methyl sites for hydroxylation is 1. The molecular formula is C20H27NO2. The van der Waals surface area contributed by atoms with Crippen molar-refractivity contribution in [2.75, 3.05) is 19.8 Å². The van der Waals surface area contributed by atoms with E-state index in [1.54, 1.807) is 0 Å². The average Bonchev–Trinajstić information content (AvgIpc) is 2.58. The number of nitrogens with two attached hydrogens (primary N) is 1. The molecule has 0 radical (unpaired) electrons. The highest BCUT2D eigenvalue weighted by Crippen LogP contribution is 2.24. The van der Waals surface area contributed by atoms with Gasteiger partial charge in [0.25, 0.3) is 0 Å². The zero-order valence-electron chi connectivity index (χ0n) is 14.1. The molecule has 0 bridgehead atoms. The molecule has 124 valence electrons. The largest absolute Gasteiger partial charge is 0.494 e. The van der Waals surface area contributed by atoms with E-state index in [0.717, 1.165) is 24.3 Å². The highest BCUT2D eigenvalue weighted by molar-refractivity contribution is 5.31. The normalized spacial score (nSPS) is 12.0. The number of rotatable bonds is 9. The van der Waals surface area contributed by atoms with Gasteiger partial charge >= 0.3 is 0 Å².